The van der Waals surface area contributed by atoms with E-state index in [-0.39, 0.29) is 11.9 Å². The highest BCUT2D eigenvalue weighted by Crippen LogP contribution is 2.17. The molecule has 0 aliphatic rings. The molecule has 2 rings (SSSR count). The summed E-state index contributed by atoms with van der Waals surface area (Å²) in [5.41, 5.74) is 1.10. The first-order valence-corrected chi connectivity index (χ1v) is 7.46. The predicted octanol–water partition coefficient (Wildman–Crippen LogP) is 1.27. The van der Waals surface area contributed by atoms with Crippen LogP contribution in [0.2, 0.25) is 0 Å². The van der Waals surface area contributed by atoms with Gasteiger partial charge in [-0.1, -0.05) is 18.2 Å². The maximum absolute atomic E-state index is 11.9. The van der Waals surface area contributed by atoms with Crippen LogP contribution in [0, 0.1) is 0 Å². The summed E-state index contributed by atoms with van der Waals surface area (Å²) in [5.74, 6) is 1.75. The van der Waals surface area contributed by atoms with Gasteiger partial charge in [0.1, 0.15) is 11.8 Å². The van der Waals surface area contributed by atoms with Gasteiger partial charge in [-0.3, -0.25) is 4.79 Å². The fraction of sp³-hybridized carbons (Fsp3) is 0.353. The minimum absolute atomic E-state index is 0.0216. The molecule has 0 saturated carbocycles. The molecule has 1 atom stereocenters. The number of benzene rings is 1. The molecule has 0 saturated heterocycles. The predicted molar refractivity (Wildman–Crippen MR) is 83.6 cm³/mol. The molecule has 0 fully saturated rings. The molecule has 0 aliphatic carbocycles. The Balaban J connectivity index is 1.69. The van der Waals surface area contributed by atoms with Gasteiger partial charge in [0, 0.05) is 6.54 Å². The molecule has 0 bridgehead atoms. The van der Waals surface area contributed by atoms with E-state index in [4.69, 9.17) is 9.15 Å². The molecule has 1 amide bonds. The molecule has 2 aromatic rings. The lowest BCUT2D eigenvalue weighted by molar-refractivity contribution is -0.684. The molecule has 0 unspecified atom stereocenters. The number of para-hydroxylation sites is 1. The van der Waals surface area contributed by atoms with E-state index in [1.54, 1.807) is 13.4 Å². The van der Waals surface area contributed by atoms with Gasteiger partial charge in [0.15, 0.2) is 12.3 Å². The minimum atomic E-state index is 0.0216. The molecule has 5 heteroatoms. The van der Waals surface area contributed by atoms with Crippen molar-refractivity contribution in [3.8, 4) is 5.75 Å². The van der Waals surface area contributed by atoms with Crippen LogP contribution in [0.15, 0.2) is 47.1 Å². The molecule has 1 aromatic heterocycles. The van der Waals surface area contributed by atoms with E-state index >= 15 is 0 Å². The van der Waals surface area contributed by atoms with Crippen molar-refractivity contribution >= 4 is 5.91 Å². The Kier molecular flexibility index (Phi) is 6.03. The maximum atomic E-state index is 11.9. The molecule has 22 heavy (non-hydrogen) atoms. The second kappa shape index (κ2) is 8.24. The van der Waals surface area contributed by atoms with Gasteiger partial charge >= 0.3 is 0 Å². The Labute approximate surface area is 130 Å². The van der Waals surface area contributed by atoms with Gasteiger partial charge in [0.05, 0.1) is 13.4 Å². The molecule has 1 heterocycles. The maximum Gasteiger partial charge on any atom is 0.275 e. The quantitative estimate of drug-likeness (QED) is 0.772. The van der Waals surface area contributed by atoms with Crippen molar-refractivity contribution in [1.29, 1.82) is 0 Å². The van der Waals surface area contributed by atoms with Gasteiger partial charge in [-0.2, -0.15) is 0 Å². The fourth-order valence-corrected chi connectivity index (χ4v) is 2.27. The summed E-state index contributed by atoms with van der Waals surface area (Å²) >= 11 is 0. The van der Waals surface area contributed by atoms with Gasteiger partial charge in [0.25, 0.3) is 5.91 Å². The average molecular weight is 303 g/mol. The standard InChI is InChI=1S/C17H22N2O3/c1-13(15-8-5-11-22-15)19-12-17(20)18-10-9-14-6-3-4-7-16(14)21-2/h3-8,11,13,19H,9-10,12H2,1-2H3,(H,18,20)/p+1/t13-/m1/s1. The van der Waals surface area contributed by atoms with Crippen molar-refractivity contribution in [2.45, 2.75) is 19.4 Å². The Morgan fingerprint density at radius 3 is 2.86 bits per heavy atom. The largest absolute Gasteiger partial charge is 0.496 e. The number of carbonyl (C=O) groups excluding carboxylic acids is 1. The van der Waals surface area contributed by atoms with E-state index < -0.39 is 0 Å². The van der Waals surface area contributed by atoms with Crippen LogP contribution in [-0.4, -0.2) is 26.1 Å². The third-order valence-corrected chi connectivity index (χ3v) is 3.56. The van der Waals surface area contributed by atoms with Gasteiger partial charge in [-0.25, -0.2) is 0 Å². The van der Waals surface area contributed by atoms with Crippen molar-refractivity contribution in [3.63, 3.8) is 0 Å². The third-order valence-electron chi connectivity index (χ3n) is 3.56. The molecular formula is C17H23N2O3+. The van der Waals surface area contributed by atoms with Crippen molar-refractivity contribution < 1.29 is 19.3 Å². The zero-order valence-corrected chi connectivity index (χ0v) is 13.0. The number of furan rings is 1. The highest BCUT2D eigenvalue weighted by molar-refractivity contribution is 5.76. The zero-order chi connectivity index (χ0) is 15.8. The van der Waals surface area contributed by atoms with Crippen molar-refractivity contribution in [3.05, 3.63) is 54.0 Å². The van der Waals surface area contributed by atoms with Crippen LogP contribution >= 0.6 is 0 Å². The summed E-state index contributed by atoms with van der Waals surface area (Å²) in [6.07, 6.45) is 2.40. The molecule has 0 spiro atoms. The molecule has 0 aliphatic heterocycles. The second-order valence-electron chi connectivity index (χ2n) is 5.16. The lowest BCUT2D eigenvalue weighted by atomic mass is 10.1. The summed E-state index contributed by atoms with van der Waals surface area (Å²) in [5, 5.41) is 4.88. The van der Waals surface area contributed by atoms with Crippen LogP contribution in [-0.2, 0) is 11.2 Å². The van der Waals surface area contributed by atoms with Crippen molar-refractivity contribution in [2.75, 3.05) is 20.2 Å². The first-order chi connectivity index (χ1) is 10.7. The van der Waals surface area contributed by atoms with Crippen LogP contribution in [0.5, 0.6) is 5.75 Å². The van der Waals surface area contributed by atoms with Gasteiger partial charge in [0.2, 0.25) is 0 Å². The number of hydrogen-bond acceptors (Lipinski definition) is 3. The smallest absolute Gasteiger partial charge is 0.275 e. The number of hydrogen-bond donors (Lipinski definition) is 2. The molecule has 118 valence electrons. The van der Waals surface area contributed by atoms with Crippen LogP contribution in [0.3, 0.4) is 0 Å². The number of rotatable bonds is 8. The summed E-state index contributed by atoms with van der Waals surface area (Å²) in [7, 11) is 1.66. The number of carbonyl (C=O) groups is 1. The molecule has 0 radical (unpaired) electrons. The van der Waals surface area contributed by atoms with Gasteiger partial charge in [-0.05, 0) is 37.1 Å². The highest BCUT2D eigenvalue weighted by atomic mass is 16.5. The lowest BCUT2D eigenvalue weighted by Crippen LogP contribution is -2.87. The van der Waals surface area contributed by atoms with E-state index in [1.165, 1.54) is 0 Å². The Bertz CT molecular complexity index is 581. The van der Waals surface area contributed by atoms with Crippen LogP contribution < -0.4 is 15.4 Å². The Hall–Kier alpha value is -2.27. The van der Waals surface area contributed by atoms with E-state index in [9.17, 15) is 4.79 Å². The Morgan fingerprint density at radius 2 is 2.14 bits per heavy atom. The van der Waals surface area contributed by atoms with Crippen LogP contribution in [0.25, 0.3) is 0 Å². The summed E-state index contributed by atoms with van der Waals surface area (Å²) in [4.78, 5) is 11.9. The van der Waals surface area contributed by atoms with Gasteiger partial charge < -0.3 is 19.8 Å². The third kappa shape index (κ3) is 4.63. The van der Waals surface area contributed by atoms with E-state index in [0.717, 1.165) is 23.5 Å². The fourth-order valence-electron chi connectivity index (χ4n) is 2.27. The van der Waals surface area contributed by atoms with Crippen LogP contribution in [0.4, 0.5) is 0 Å². The highest BCUT2D eigenvalue weighted by Gasteiger charge is 2.13. The van der Waals surface area contributed by atoms with E-state index in [1.807, 2.05) is 48.6 Å². The summed E-state index contributed by atoms with van der Waals surface area (Å²) in [6, 6.07) is 11.7. The molecule has 3 N–H and O–H groups in total. The van der Waals surface area contributed by atoms with E-state index in [2.05, 4.69) is 5.32 Å². The van der Waals surface area contributed by atoms with Crippen molar-refractivity contribution in [1.82, 2.24) is 5.32 Å². The number of nitrogens with two attached hydrogens (primary N) is 1. The number of quaternary nitrogens is 1. The monoisotopic (exact) mass is 303 g/mol. The summed E-state index contributed by atoms with van der Waals surface area (Å²) < 4.78 is 10.6. The normalized spacial score (nSPS) is 11.9. The SMILES string of the molecule is COc1ccccc1CCNC(=O)C[NH2+][C@H](C)c1ccco1. The summed E-state index contributed by atoms with van der Waals surface area (Å²) in [6.45, 7) is 3.00. The van der Waals surface area contributed by atoms with Crippen LogP contribution in [0.1, 0.15) is 24.3 Å². The molecule has 1 aromatic carbocycles. The second-order valence-corrected chi connectivity index (χ2v) is 5.16. The lowest BCUT2D eigenvalue weighted by Gasteiger charge is -2.10. The first-order valence-electron chi connectivity index (χ1n) is 7.46. The van der Waals surface area contributed by atoms with Gasteiger partial charge in [-0.15, -0.1) is 0 Å². The number of nitrogens with one attached hydrogen (secondary N) is 1. The number of ether oxygens (including phenoxy) is 1. The van der Waals surface area contributed by atoms with Crippen molar-refractivity contribution in [2.24, 2.45) is 0 Å². The first kappa shape index (κ1) is 16.1. The Morgan fingerprint density at radius 1 is 1.32 bits per heavy atom. The average Bonchev–Trinajstić information content (AvgIpc) is 3.07. The topological polar surface area (TPSA) is 68.1 Å². The zero-order valence-electron chi connectivity index (χ0n) is 13.0. The number of methoxy groups -OCH3 is 1. The molecular weight excluding hydrogens is 280 g/mol. The molecule has 5 nitrogen and oxygen atoms in total. The number of amides is 1. The van der Waals surface area contributed by atoms with E-state index in [0.29, 0.717) is 13.1 Å². The minimum Gasteiger partial charge on any atom is -0.496 e.